The molecule has 0 aliphatic carbocycles. The molecular weight excluding hydrogens is 216 g/mol. The van der Waals surface area contributed by atoms with Crippen molar-refractivity contribution in [3.8, 4) is 0 Å². The predicted octanol–water partition coefficient (Wildman–Crippen LogP) is 2.91. The first-order chi connectivity index (χ1) is 8.13. The smallest absolute Gasteiger partial charge is 0.305 e. The average Bonchev–Trinajstić information content (AvgIpc) is 2.34. The maximum Gasteiger partial charge on any atom is 0.305 e. The van der Waals surface area contributed by atoms with Gasteiger partial charge in [0.15, 0.2) is 5.78 Å². The van der Waals surface area contributed by atoms with Crippen LogP contribution < -0.4 is 0 Å². The summed E-state index contributed by atoms with van der Waals surface area (Å²) < 4.78 is 4.53. The second-order valence-electron chi connectivity index (χ2n) is 4.07. The van der Waals surface area contributed by atoms with Crippen molar-refractivity contribution in [2.75, 3.05) is 7.11 Å². The zero-order valence-corrected chi connectivity index (χ0v) is 10.4. The number of benzene rings is 1. The molecule has 0 heterocycles. The van der Waals surface area contributed by atoms with Gasteiger partial charge in [0.05, 0.1) is 7.11 Å². The number of esters is 1. The Bertz CT molecular complexity index is 379. The number of rotatable bonds is 6. The van der Waals surface area contributed by atoms with Gasteiger partial charge in [-0.05, 0) is 19.8 Å². The van der Waals surface area contributed by atoms with Crippen LogP contribution in [0.1, 0.15) is 41.6 Å². The van der Waals surface area contributed by atoms with E-state index in [2.05, 4.69) is 4.74 Å². The van der Waals surface area contributed by atoms with Gasteiger partial charge < -0.3 is 4.74 Å². The van der Waals surface area contributed by atoms with Crippen molar-refractivity contribution in [1.82, 2.24) is 0 Å². The maximum atomic E-state index is 11.8. The molecule has 0 bridgehead atoms. The molecule has 0 atom stereocenters. The first kappa shape index (κ1) is 13.4. The quantitative estimate of drug-likeness (QED) is 0.432. The summed E-state index contributed by atoms with van der Waals surface area (Å²) in [5, 5.41) is 0. The average molecular weight is 234 g/mol. The highest BCUT2D eigenvalue weighted by Gasteiger charge is 2.06. The Kier molecular flexibility index (Phi) is 5.40. The fourth-order valence-corrected chi connectivity index (χ4v) is 1.54. The van der Waals surface area contributed by atoms with E-state index in [-0.39, 0.29) is 11.8 Å². The molecule has 0 fully saturated rings. The number of carbonyl (C=O) groups excluding carboxylic acids is 2. The molecule has 1 aromatic carbocycles. The number of methoxy groups -OCH3 is 1. The first-order valence-electron chi connectivity index (χ1n) is 5.80. The first-order valence-corrected chi connectivity index (χ1v) is 5.80. The summed E-state index contributed by atoms with van der Waals surface area (Å²) >= 11 is 0. The van der Waals surface area contributed by atoms with E-state index in [1.54, 1.807) is 0 Å². The molecule has 0 N–H and O–H groups in total. The summed E-state index contributed by atoms with van der Waals surface area (Å²) in [6.45, 7) is 1.99. The number of aryl methyl sites for hydroxylation is 1. The number of ketones is 1. The number of hydrogen-bond donors (Lipinski definition) is 0. The van der Waals surface area contributed by atoms with Crippen molar-refractivity contribution in [3.63, 3.8) is 0 Å². The number of unbranched alkanes of at least 4 members (excludes halogenated alkanes) is 1. The molecule has 0 aliphatic heterocycles. The third-order valence-electron chi connectivity index (χ3n) is 2.64. The summed E-state index contributed by atoms with van der Waals surface area (Å²) in [7, 11) is 1.37. The van der Waals surface area contributed by atoms with Crippen LogP contribution >= 0.6 is 0 Å². The highest BCUT2D eigenvalue weighted by Crippen LogP contribution is 2.09. The molecule has 0 spiro atoms. The molecular formula is C14H18O3. The van der Waals surface area contributed by atoms with Gasteiger partial charge in [0.1, 0.15) is 0 Å². The highest BCUT2D eigenvalue weighted by molar-refractivity contribution is 5.96. The Morgan fingerprint density at radius 1 is 1.06 bits per heavy atom. The zero-order valence-electron chi connectivity index (χ0n) is 10.4. The lowest BCUT2D eigenvalue weighted by molar-refractivity contribution is -0.140. The van der Waals surface area contributed by atoms with Crippen molar-refractivity contribution in [3.05, 3.63) is 35.4 Å². The Labute approximate surface area is 102 Å². The molecule has 0 radical (unpaired) electrons. The van der Waals surface area contributed by atoms with E-state index in [9.17, 15) is 9.59 Å². The van der Waals surface area contributed by atoms with E-state index in [4.69, 9.17) is 0 Å². The van der Waals surface area contributed by atoms with E-state index < -0.39 is 0 Å². The molecule has 0 aliphatic rings. The van der Waals surface area contributed by atoms with Crippen molar-refractivity contribution < 1.29 is 14.3 Å². The van der Waals surface area contributed by atoms with Gasteiger partial charge in [-0.1, -0.05) is 29.8 Å². The lowest BCUT2D eigenvalue weighted by Crippen LogP contribution is -2.02. The largest absolute Gasteiger partial charge is 0.469 e. The van der Waals surface area contributed by atoms with Crippen LogP contribution in [0, 0.1) is 6.92 Å². The Balaban J connectivity index is 2.30. The molecule has 0 aromatic heterocycles. The Morgan fingerprint density at radius 3 is 2.24 bits per heavy atom. The lowest BCUT2D eigenvalue weighted by atomic mass is 10.0. The zero-order chi connectivity index (χ0) is 12.7. The van der Waals surface area contributed by atoms with Crippen LogP contribution in [-0.4, -0.2) is 18.9 Å². The van der Waals surface area contributed by atoms with Crippen LogP contribution in [0.25, 0.3) is 0 Å². The van der Waals surface area contributed by atoms with Gasteiger partial charge in [-0.15, -0.1) is 0 Å². The molecule has 1 aromatic rings. The minimum absolute atomic E-state index is 0.134. The SMILES string of the molecule is COC(=O)CCCCC(=O)c1ccc(C)cc1. The van der Waals surface area contributed by atoms with Gasteiger partial charge in [0.25, 0.3) is 0 Å². The number of Topliss-reactive ketones (excluding diaryl/α,β-unsaturated/α-hetero) is 1. The molecule has 92 valence electrons. The van der Waals surface area contributed by atoms with Gasteiger partial charge in [0.2, 0.25) is 0 Å². The van der Waals surface area contributed by atoms with E-state index in [0.717, 1.165) is 17.5 Å². The molecule has 1 rings (SSSR count). The van der Waals surface area contributed by atoms with Crippen molar-refractivity contribution in [1.29, 1.82) is 0 Å². The van der Waals surface area contributed by atoms with Crippen LogP contribution in [0.15, 0.2) is 24.3 Å². The molecule has 17 heavy (non-hydrogen) atoms. The van der Waals surface area contributed by atoms with Gasteiger partial charge in [0, 0.05) is 18.4 Å². The predicted molar refractivity (Wildman–Crippen MR) is 66.0 cm³/mol. The summed E-state index contributed by atoms with van der Waals surface area (Å²) in [4.78, 5) is 22.6. The summed E-state index contributed by atoms with van der Waals surface area (Å²) in [6, 6.07) is 7.55. The maximum absolute atomic E-state index is 11.8. The third-order valence-corrected chi connectivity index (χ3v) is 2.64. The molecule has 0 saturated carbocycles. The summed E-state index contributed by atoms with van der Waals surface area (Å²) in [5.41, 5.74) is 1.89. The van der Waals surface area contributed by atoms with Crippen molar-refractivity contribution in [2.24, 2.45) is 0 Å². The standard InChI is InChI=1S/C14H18O3/c1-11-7-9-12(10-8-11)13(15)5-3-4-6-14(16)17-2/h7-10H,3-6H2,1-2H3. The van der Waals surface area contributed by atoms with Gasteiger partial charge in [-0.3, -0.25) is 9.59 Å². The third kappa shape index (κ3) is 4.81. The molecule has 0 amide bonds. The molecule has 3 heteroatoms. The molecule has 0 unspecified atom stereocenters. The number of hydrogen-bond acceptors (Lipinski definition) is 3. The van der Waals surface area contributed by atoms with Crippen LogP contribution in [-0.2, 0) is 9.53 Å². The summed E-state index contributed by atoms with van der Waals surface area (Å²) in [6.07, 6.45) is 2.30. The van der Waals surface area contributed by atoms with Crippen LogP contribution in [0.2, 0.25) is 0 Å². The number of ether oxygens (including phenoxy) is 1. The fraction of sp³-hybridized carbons (Fsp3) is 0.429. The fourth-order valence-electron chi connectivity index (χ4n) is 1.54. The van der Waals surface area contributed by atoms with Crippen LogP contribution in [0.5, 0.6) is 0 Å². The van der Waals surface area contributed by atoms with E-state index in [0.29, 0.717) is 19.3 Å². The van der Waals surface area contributed by atoms with Crippen molar-refractivity contribution >= 4 is 11.8 Å². The number of carbonyl (C=O) groups is 2. The van der Waals surface area contributed by atoms with Gasteiger partial charge in [-0.25, -0.2) is 0 Å². The van der Waals surface area contributed by atoms with Crippen LogP contribution in [0.3, 0.4) is 0 Å². The van der Waals surface area contributed by atoms with Gasteiger partial charge in [-0.2, -0.15) is 0 Å². The molecule has 3 nitrogen and oxygen atoms in total. The highest BCUT2D eigenvalue weighted by atomic mass is 16.5. The lowest BCUT2D eigenvalue weighted by Gasteiger charge is -2.02. The normalized spacial score (nSPS) is 10.0. The van der Waals surface area contributed by atoms with E-state index in [1.165, 1.54) is 7.11 Å². The minimum Gasteiger partial charge on any atom is -0.469 e. The van der Waals surface area contributed by atoms with Crippen LogP contribution in [0.4, 0.5) is 0 Å². The van der Waals surface area contributed by atoms with E-state index in [1.807, 2.05) is 31.2 Å². The van der Waals surface area contributed by atoms with Gasteiger partial charge >= 0.3 is 5.97 Å². The second-order valence-corrected chi connectivity index (χ2v) is 4.07. The van der Waals surface area contributed by atoms with E-state index >= 15 is 0 Å². The minimum atomic E-state index is -0.215. The Morgan fingerprint density at radius 2 is 1.65 bits per heavy atom. The van der Waals surface area contributed by atoms with Crippen molar-refractivity contribution in [2.45, 2.75) is 32.6 Å². The Hall–Kier alpha value is -1.64. The summed E-state index contributed by atoms with van der Waals surface area (Å²) in [5.74, 6) is -0.0809. The topological polar surface area (TPSA) is 43.4 Å². The monoisotopic (exact) mass is 234 g/mol. The second kappa shape index (κ2) is 6.84. The molecule has 0 saturated heterocycles.